The van der Waals surface area contributed by atoms with Crippen LogP contribution in [0.4, 0.5) is 14.5 Å². The van der Waals surface area contributed by atoms with Gasteiger partial charge in [-0.1, -0.05) is 12.1 Å². The van der Waals surface area contributed by atoms with Crippen molar-refractivity contribution in [1.82, 2.24) is 9.78 Å². The molecule has 1 heterocycles. The van der Waals surface area contributed by atoms with Crippen molar-refractivity contribution in [2.75, 3.05) is 12.4 Å². The van der Waals surface area contributed by atoms with Gasteiger partial charge in [-0.3, -0.25) is 9.59 Å². The molecule has 0 atom stereocenters. The van der Waals surface area contributed by atoms with E-state index in [9.17, 15) is 18.4 Å². The summed E-state index contributed by atoms with van der Waals surface area (Å²) >= 11 is 0. The Labute approximate surface area is 153 Å². The Balaban J connectivity index is 1.86. The molecule has 0 aliphatic carbocycles. The number of aromatic nitrogens is 2. The van der Waals surface area contributed by atoms with Gasteiger partial charge in [0.25, 0.3) is 5.56 Å². The van der Waals surface area contributed by atoms with E-state index in [1.165, 1.54) is 19.2 Å². The second-order valence-electron chi connectivity index (χ2n) is 5.59. The number of carbonyl (C=O) groups is 1. The van der Waals surface area contributed by atoms with Crippen molar-refractivity contribution in [3.63, 3.8) is 0 Å². The summed E-state index contributed by atoms with van der Waals surface area (Å²) in [4.78, 5) is 24.2. The largest absolute Gasteiger partial charge is 0.496 e. The maximum absolute atomic E-state index is 13.6. The summed E-state index contributed by atoms with van der Waals surface area (Å²) in [5.74, 6) is -1.64. The molecule has 0 saturated carbocycles. The second kappa shape index (κ2) is 7.77. The quantitative estimate of drug-likeness (QED) is 0.749. The second-order valence-corrected chi connectivity index (χ2v) is 5.59. The lowest BCUT2D eigenvalue weighted by Crippen LogP contribution is -2.29. The van der Waals surface area contributed by atoms with Crippen molar-refractivity contribution < 1.29 is 18.3 Å². The molecule has 2 aromatic carbocycles. The summed E-state index contributed by atoms with van der Waals surface area (Å²) in [5.41, 5.74) is 0.250. The number of ether oxygens (including phenoxy) is 1. The maximum atomic E-state index is 13.6. The van der Waals surface area contributed by atoms with Crippen molar-refractivity contribution >= 4 is 11.6 Å². The SMILES string of the molecule is COc1ccccc1-c1ccc(=O)n(CC(=O)Nc2cc(F)ccc2F)n1. The number of rotatable bonds is 5. The maximum Gasteiger partial charge on any atom is 0.267 e. The summed E-state index contributed by atoms with van der Waals surface area (Å²) < 4.78 is 33.0. The first-order valence-corrected chi connectivity index (χ1v) is 7.94. The normalized spacial score (nSPS) is 10.5. The molecule has 0 spiro atoms. The van der Waals surface area contributed by atoms with E-state index in [1.807, 2.05) is 0 Å². The third-order valence-corrected chi connectivity index (χ3v) is 3.75. The van der Waals surface area contributed by atoms with Crippen LogP contribution in [-0.2, 0) is 11.3 Å². The molecule has 27 heavy (non-hydrogen) atoms. The van der Waals surface area contributed by atoms with Crippen molar-refractivity contribution in [2.45, 2.75) is 6.54 Å². The highest BCUT2D eigenvalue weighted by Crippen LogP contribution is 2.27. The standard InChI is InChI=1S/C19H15F2N3O3/c1-27-17-5-3-2-4-13(17)15-8-9-19(26)24(23-15)11-18(25)22-16-10-12(20)6-7-14(16)21/h2-10H,11H2,1H3,(H,22,25). The zero-order chi connectivity index (χ0) is 19.4. The van der Waals surface area contributed by atoms with Gasteiger partial charge >= 0.3 is 0 Å². The average molecular weight is 371 g/mol. The number of nitrogens with zero attached hydrogens (tertiary/aromatic N) is 2. The molecule has 0 radical (unpaired) electrons. The third-order valence-electron chi connectivity index (χ3n) is 3.75. The Kier molecular flexibility index (Phi) is 5.25. The number of halogens is 2. The van der Waals surface area contributed by atoms with E-state index in [0.717, 1.165) is 22.9 Å². The number of hydrogen-bond donors (Lipinski definition) is 1. The van der Waals surface area contributed by atoms with E-state index in [4.69, 9.17) is 4.74 Å². The minimum atomic E-state index is -0.784. The molecule has 3 aromatic rings. The lowest BCUT2D eigenvalue weighted by Gasteiger charge is -2.11. The lowest BCUT2D eigenvalue weighted by molar-refractivity contribution is -0.117. The molecule has 0 aliphatic heterocycles. The minimum absolute atomic E-state index is 0.311. The molecular weight excluding hydrogens is 356 g/mol. The molecule has 1 aromatic heterocycles. The zero-order valence-corrected chi connectivity index (χ0v) is 14.3. The van der Waals surface area contributed by atoms with Crippen LogP contribution in [-0.4, -0.2) is 22.8 Å². The van der Waals surface area contributed by atoms with Gasteiger partial charge < -0.3 is 10.1 Å². The molecule has 1 N–H and O–H groups in total. The summed E-state index contributed by atoms with van der Waals surface area (Å²) in [6, 6.07) is 12.6. The average Bonchev–Trinajstić information content (AvgIpc) is 2.66. The van der Waals surface area contributed by atoms with Crippen molar-refractivity contribution in [3.8, 4) is 17.0 Å². The summed E-state index contributed by atoms with van der Waals surface area (Å²) in [7, 11) is 1.51. The predicted octanol–water partition coefficient (Wildman–Crippen LogP) is 2.84. The molecule has 1 amide bonds. The van der Waals surface area contributed by atoms with E-state index in [2.05, 4.69) is 10.4 Å². The van der Waals surface area contributed by atoms with Gasteiger partial charge in [-0.2, -0.15) is 5.10 Å². The smallest absolute Gasteiger partial charge is 0.267 e. The monoisotopic (exact) mass is 371 g/mol. The van der Waals surface area contributed by atoms with Crippen molar-refractivity contribution in [3.05, 3.63) is 76.6 Å². The van der Waals surface area contributed by atoms with Crippen LogP contribution in [0.5, 0.6) is 5.75 Å². The van der Waals surface area contributed by atoms with E-state index in [-0.39, 0.29) is 5.69 Å². The number of amides is 1. The van der Waals surface area contributed by atoms with Gasteiger partial charge in [0, 0.05) is 17.7 Å². The molecule has 0 aliphatic rings. The van der Waals surface area contributed by atoms with Gasteiger partial charge in [0.15, 0.2) is 0 Å². The Morgan fingerprint density at radius 3 is 2.70 bits per heavy atom. The first-order valence-electron chi connectivity index (χ1n) is 7.94. The Morgan fingerprint density at radius 2 is 1.93 bits per heavy atom. The highest BCUT2D eigenvalue weighted by molar-refractivity contribution is 5.90. The molecule has 0 fully saturated rings. The Morgan fingerprint density at radius 1 is 1.15 bits per heavy atom. The molecule has 8 heteroatoms. The van der Waals surface area contributed by atoms with Gasteiger partial charge in [-0.05, 0) is 30.3 Å². The van der Waals surface area contributed by atoms with E-state index in [1.54, 1.807) is 24.3 Å². The fourth-order valence-electron chi connectivity index (χ4n) is 2.48. The third kappa shape index (κ3) is 4.17. The van der Waals surface area contributed by atoms with Crippen molar-refractivity contribution in [2.24, 2.45) is 0 Å². The summed E-state index contributed by atoms with van der Waals surface area (Å²) in [5, 5.41) is 6.40. The summed E-state index contributed by atoms with van der Waals surface area (Å²) in [6.07, 6.45) is 0. The molecule has 0 bridgehead atoms. The predicted molar refractivity (Wildman–Crippen MR) is 95.5 cm³/mol. The molecule has 3 rings (SSSR count). The van der Waals surface area contributed by atoms with Crippen LogP contribution in [0.2, 0.25) is 0 Å². The highest BCUT2D eigenvalue weighted by Gasteiger charge is 2.13. The van der Waals surface area contributed by atoms with Crippen LogP contribution < -0.4 is 15.6 Å². The molecule has 138 valence electrons. The van der Waals surface area contributed by atoms with E-state index in [0.29, 0.717) is 17.0 Å². The number of methoxy groups -OCH3 is 1. The first kappa shape index (κ1) is 18.2. The number of benzene rings is 2. The van der Waals surface area contributed by atoms with Crippen molar-refractivity contribution in [1.29, 1.82) is 0 Å². The number of hydrogen-bond acceptors (Lipinski definition) is 4. The fourth-order valence-corrected chi connectivity index (χ4v) is 2.48. The number of para-hydroxylation sites is 1. The fraction of sp³-hybridized carbons (Fsp3) is 0.105. The highest BCUT2D eigenvalue weighted by atomic mass is 19.1. The molecule has 6 nitrogen and oxygen atoms in total. The van der Waals surface area contributed by atoms with Crippen LogP contribution in [0.1, 0.15) is 0 Å². The molecule has 0 saturated heterocycles. The van der Waals surface area contributed by atoms with Gasteiger partial charge in [0.1, 0.15) is 23.9 Å². The van der Waals surface area contributed by atoms with Crippen LogP contribution >= 0.6 is 0 Å². The minimum Gasteiger partial charge on any atom is -0.496 e. The van der Waals surface area contributed by atoms with Crippen LogP contribution in [0, 0.1) is 11.6 Å². The topological polar surface area (TPSA) is 73.2 Å². The van der Waals surface area contributed by atoms with Gasteiger partial charge in [0.05, 0.1) is 18.5 Å². The zero-order valence-electron chi connectivity index (χ0n) is 14.3. The number of anilines is 1. The Hall–Kier alpha value is -3.55. The number of carbonyl (C=O) groups excluding carboxylic acids is 1. The van der Waals surface area contributed by atoms with E-state index < -0.39 is 29.6 Å². The molecule has 0 unspecified atom stereocenters. The summed E-state index contributed by atoms with van der Waals surface area (Å²) in [6.45, 7) is -0.461. The Bertz CT molecular complexity index is 1050. The molecular formula is C19H15F2N3O3. The van der Waals surface area contributed by atoms with Gasteiger partial charge in [-0.25, -0.2) is 13.5 Å². The van der Waals surface area contributed by atoms with Crippen LogP contribution in [0.15, 0.2) is 59.4 Å². The van der Waals surface area contributed by atoms with Crippen LogP contribution in [0.3, 0.4) is 0 Å². The lowest BCUT2D eigenvalue weighted by atomic mass is 10.1. The van der Waals surface area contributed by atoms with Gasteiger partial charge in [0.2, 0.25) is 5.91 Å². The number of nitrogens with one attached hydrogen (secondary N) is 1. The van der Waals surface area contributed by atoms with Gasteiger partial charge in [-0.15, -0.1) is 0 Å². The van der Waals surface area contributed by atoms with Crippen LogP contribution in [0.25, 0.3) is 11.3 Å². The van der Waals surface area contributed by atoms with E-state index >= 15 is 0 Å². The first-order chi connectivity index (χ1) is 13.0.